The van der Waals surface area contributed by atoms with E-state index in [1.165, 1.54) is 0 Å². The fraction of sp³-hybridized carbons (Fsp3) is 0.391. The van der Waals surface area contributed by atoms with E-state index in [0.717, 1.165) is 28.8 Å². The summed E-state index contributed by atoms with van der Waals surface area (Å²) in [7, 11) is 1.62. The van der Waals surface area contributed by atoms with Crippen molar-refractivity contribution < 1.29 is 14.3 Å². The molecule has 1 atom stereocenters. The third-order valence-electron chi connectivity index (χ3n) is 4.78. The van der Waals surface area contributed by atoms with Crippen LogP contribution >= 0.6 is 0 Å². The number of imidazole rings is 1. The van der Waals surface area contributed by atoms with Crippen LogP contribution in [0.3, 0.4) is 0 Å². The summed E-state index contributed by atoms with van der Waals surface area (Å²) in [5, 5.41) is 3.08. The molecule has 0 saturated carbocycles. The summed E-state index contributed by atoms with van der Waals surface area (Å²) in [6.45, 7) is 8.19. The lowest BCUT2D eigenvalue weighted by atomic mass is 10.1. The zero-order valence-corrected chi connectivity index (χ0v) is 17.7. The van der Waals surface area contributed by atoms with E-state index in [-0.39, 0.29) is 24.6 Å². The monoisotopic (exact) mass is 395 g/mol. The number of nitrogens with zero attached hydrogens (tertiary/aromatic N) is 2. The van der Waals surface area contributed by atoms with Crippen LogP contribution in [0.4, 0.5) is 0 Å². The number of hydrogen-bond donors (Lipinski definition) is 1. The van der Waals surface area contributed by atoms with E-state index >= 15 is 0 Å². The van der Waals surface area contributed by atoms with Crippen molar-refractivity contribution in [3.63, 3.8) is 0 Å². The third-order valence-corrected chi connectivity index (χ3v) is 4.78. The quantitative estimate of drug-likeness (QED) is 0.619. The molecule has 1 unspecified atom stereocenters. The highest BCUT2D eigenvalue weighted by molar-refractivity contribution is 5.81. The summed E-state index contributed by atoms with van der Waals surface area (Å²) < 4.78 is 13.2. The fourth-order valence-electron chi connectivity index (χ4n) is 3.39. The number of amides is 1. The zero-order chi connectivity index (χ0) is 21.0. The molecule has 0 aliphatic carbocycles. The molecule has 6 nitrogen and oxygen atoms in total. The molecule has 154 valence electrons. The highest BCUT2D eigenvalue weighted by Crippen LogP contribution is 2.31. The van der Waals surface area contributed by atoms with Crippen LogP contribution in [-0.2, 0) is 17.8 Å². The Kier molecular flexibility index (Phi) is 6.42. The molecule has 1 aromatic heterocycles. The first-order valence-electron chi connectivity index (χ1n) is 10.0. The van der Waals surface area contributed by atoms with Crippen LogP contribution < -0.4 is 14.8 Å². The van der Waals surface area contributed by atoms with Crippen LogP contribution in [0.5, 0.6) is 11.5 Å². The van der Waals surface area contributed by atoms with Gasteiger partial charge in [-0.2, -0.15) is 0 Å². The number of carbonyl (C=O) groups is 1. The predicted molar refractivity (Wildman–Crippen MR) is 114 cm³/mol. The van der Waals surface area contributed by atoms with E-state index in [2.05, 4.69) is 10.3 Å². The Morgan fingerprint density at radius 3 is 2.59 bits per heavy atom. The number of aromatic nitrogens is 2. The van der Waals surface area contributed by atoms with E-state index in [9.17, 15) is 4.79 Å². The zero-order valence-electron chi connectivity index (χ0n) is 17.7. The third kappa shape index (κ3) is 4.70. The molecule has 0 aliphatic rings. The summed E-state index contributed by atoms with van der Waals surface area (Å²) in [6.07, 6.45) is 0.830. The minimum absolute atomic E-state index is 0.0585. The SMILES string of the molecule is CCc1nc2ccccc2n1CC(=O)NC(C)c1ccc(OC(C)C)c(OC)c1. The van der Waals surface area contributed by atoms with Gasteiger partial charge in [-0.05, 0) is 50.6 Å². The van der Waals surface area contributed by atoms with Gasteiger partial charge in [0.05, 0.1) is 30.3 Å². The molecule has 0 aliphatic heterocycles. The topological polar surface area (TPSA) is 65.4 Å². The highest BCUT2D eigenvalue weighted by Gasteiger charge is 2.16. The average molecular weight is 396 g/mol. The minimum atomic E-state index is -0.163. The van der Waals surface area contributed by atoms with Crippen molar-refractivity contribution in [2.75, 3.05) is 7.11 Å². The maximum Gasteiger partial charge on any atom is 0.240 e. The van der Waals surface area contributed by atoms with E-state index in [0.29, 0.717) is 11.5 Å². The number of rotatable bonds is 8. The molecule has 0 fully saturated rings. The van der Waals surface area contributed by atoms with Crippen molar-refractivity contribution in [2.24, 2.45) is 0 Å². The van der Waals surface area contributed by atoms with Crippen LogP contribution in [0.15, 0.2) is 42.5 Å². The molecule has 2 aromatic carbocycles. The van der Waals surface area contributed by atoms with Gasteiger partial charge in [0.1, 0.15) is 12.4 Å². The number of ether oxygens (including phenoxy) is 2. The first-order valence-corrected chi connectivity index (χ1v) is 10.0. The lowest BCUT2D eigenvalue weighted by molar-refractivity contribution is -0.122. The van der Waals surface area contributed by atoms with E-state index in [1.807, 2.05) is 74.7 Å². The number of fused-ring (bicyclic) bond motifs is 1. The Hall–Kier alpha value is -3.02. The van der Waals surface area contributed by atoms with Crippen molar-refractivity contribution in [1.29, 1.82) is 0 Å². The van der Waals surface area contributed by atoms with Crippen molar-refractivity contribution >= 4 is 16.9 Å². The van der Waals surface area contributed by atoms with Crippen LogP contribution in [0, 0.1) is 0 Å². The average Bonchev–Trinajstić information content (AvgIpc) is 3.05. The molecule has 1 N–H and O–H groups in total. The van der Waals surface area contributed by atoms with Gasteiger partial charge >= 0.3 is 0 Å². The maximum absolute atomic E-state index is 12.8. The molecule has 0 bridgehead atoms. The standard InChI is InChI=1S/C23H29N3O3/c1-6-22-25-18-9-7-8-10-19(18)26(22)14-23(27)24-16(4)17-11-12-20(29-15(2)3)21(13-17)28-5/h7-13,15-16H,6,14H2,1-5H3,(H,24,27). The van der Waals surface area contributed by atoms with Crippen molar-refractivity contribution in [3.8, 4) is 11.5 Å². The van der Waals surface area contributed by atoms with Crippen LogP contribution in [0.2, 0.25) is 0 Å². The Bertz CT molecular complexity index is 994. The van der Waals surface area contributed by atoms with Crippen LogP contribution in [0.1, 0.15) is 45.1 Å². The Balaban J connectivity index is 1.74. The number of methoxy groups -OCH3 is 1. The van der Waals surface area contributed by atoms with Gasteiger partial charge < -0.3 is 19.4 Å². The number of carbonyl (C=O) groups excluding carboxylic acids is 1. The second kappa shape index (κ2) is 8.99. The number of aryl methyl sites for hydroxylation is 1. The van der Waals surface area contributed by atoms with Gasteiger partial charge in [-0.1, -0.05) is 25.1 Å². The fourth-order valence-corrected chi connectivity index (χ4v) is 3.39. The summed E-state index contributed by atoms with van der Waals surface area (Å²) in [5.74, 6) is 2.20. The number of nitrogens with one attached hydrogen (secondary N) is 1. The molecular weight excluding hydrogens is 366 g/mol. The Morgan fingerprint density at radius 2 is 1.90 bits per heavy atom. The summed E-state index contributed by atoms with van der Waals surface area (Å²) >= 11 is 0. The molecule has 3 rings (SSSR count). The van der Waals surface area contributed by atoms with Crippen LogP contribution in [-0.4, -0.2) is 28.7 Å². The maximum atomic E-state index is 12.8. The van der Waals surface area contributed by atoms with Gasteiger partial charge in [0, 0.05) is 6.42 Å². The molecule has 1 amide bonds. The van der Waals surface area contributed by atoms with Crippen molar-refractivity contribution in [2.45, 2.75) is 52.8 Å². The predicted octanol–water partition coefficient (Wildman–Crippen LogP) is 4.27. The summed E-state index contributed by atoms with van der Waals surface area (Å²) in [6, 6.07) is 13.5. The second-order valence-electron chi connectivity index (χ2n) is 7.32. The molecule has 3 aromatic rings. The van der Waals surface area contributed by atoms with Gasteiger partial charge in [-0.25, -0.2) is 4.98 Å². The highest BCUT2D eigenvalue weighted by atomic mass is 16.5. The van der Waals surface area contributed by atoms with Crippen LogP contribution in [0.25, 0.3) is 11.0 Å². The molecule has 0 saturated heterocycles. The minimum Gasteiger partial charge on any atom is -0.493 e. The molecule has 6 heteroatoms. The Labute approximate surface area is 171 Å². The summed E-state index contributed by atoms with van der Waals surface area (Å²) in [4.78, 5) is 17.4. The van der Waals surface area contributed by atoms with Crippen molar-refractivity contribution in [3.05, 3.63) is 53.9 Å². The largest absolute Gasteiger partial charge is 0.493 e. The van der Waals surface area contributed by atoms with E-state index in [4.69, 9.17) is 9.47 Å². The van der Waals surface area contributed by atoms with Gasteiger partial charge in [0.15, 0.2) is 11.5 Å². The summed E-state index contributed by atoms with van der Waals surface area (Å²) in [5.41, 5.74) is 2.84. The first kappa shape index (κ1) is 20.7. The first-order chi connectivity index (χ1) is 13.9. The second-order valence-corrected chi connectivity index (χ2v) is 7.32. The molecule has 0 radical (unpaired) electrons. The van der Waals surface area contributed by atoms with Gasteiger partial charge in [0.25, 0.3) is 0 Å². The van der Waals surface area contributed by atoms with Crippen molar-refractivity contribution in [1.82, 2.24) is 14.9 Å². The lowest BCUT2D eigenvalue weighted by Crippen LogP contribution is -2.30. The normalized spacial score (nSPS) is 12.2. The van der Waals surface area contributed by atoms with Gasteiger partial charge in [-0.15, -0.1) is 0 Å². The van der Waals surface area contributed by atoms with Gasteiger partial charge in [-0.3, -0.25) is 4.79 Å². The molecule has 1 heterocycles. The number of benzene rings is 2. The van der Waals surface area contributed by atoms with E-state index < -0.39 is 0 Å². The van der Waals surface area contributed by atoms with E-state index in [1.54, 1.807) is 7.11 Å². The molecular formula is C23H29N3O3. The smallest absolute Gasteiger partial charge is 0.240 e. The van der Waals surface area contributed by atoms with Gasteiger partial charge in [0.2, 0.25) is 5.91 Å². The Morgan fingerprint density at radius 1 is 1.14 bits per heavy atom. The molecule has 29 heavy (non-hydrogen) atoms. The lowest BCUT2D eigenvalue weighted by Gasteiger charge is -2.19. The number of hydrogen-bond acceptors (Lipinski definition) is 4. The molecule has 0 spiro atoms. The number of para-hydroxylation sites is 2.